The zero-order valence-electron chi connectivity index (χ0n) is 13.5. The zero-order valence-corrected chi connectivity index (χ0v) is 14.3. The normalized spacial score (nSPS) is 20.7. The summed E-state index contributed by atoms with van der Waals surface area (Å²) in [5, 5.41) is 0. The minimum Gasteiger partial charge on any atom is -0.478 e. The SMILES string of the molecule is CCOc1cc(N2CCS(=O)(=O)CC(C(=O)OC)C2)nc(C)n1. The monoisotopic (exact) mass is 343 g/mol. The molecule has 0 aliphatic carbocycles. The number of carbonyl (C=O) groups excluding carboxylic acids is 1. The van der Waals surface area contributed by atoms with E-state index in [1.54, 1.807) is 17.9 Å². The largest absolute Gasteiger partial charge is 0.478 e. The first kappa shape index (κ1) is 17.5. The molecule has 1 aromatic heterocycles. The highest BCUT2D eigenvalue weighted by molar-refractivity contribution is 7.91. The van der Waals surface area contributed by atoms with Gasteiger partial charge < -0.3 is 14.4 Å². The van der Waals surface area contributed by atoms with Crippen LogP contribution in [0.4, 0.5) is 5.82 Å². The Hall–Kier alpha value is -1.90. The van der Waals surface area contributed by atoms with Crippen LogP contribution < -0.4 is 9.64 Å². The second-order valence-electron chi connectivity index (χ2n) is 5.33. The van der Waals surface area contributed by atoms with Gasteiger partial charge >= 0.3 is 5.97 Å². The van der Waals surface area contributed by atoms with Crippen LogP contribution in [0, 0.1) is 12.8 Å². The van der Waals surface area contributed by atoms with Gasteiger partial charge in [0.2, 0.25) is 5.88 Å². The number of methoxy groups -OCH3 is 1. The topological polar surface area (TPSA) is 98.7 Å². The number of hydrogen-bond donors (Lipinski definition) is 0. The van der Waals surface area contributed by atoms with E-state index >= 15 is 0 Å². The number of aryl methyl sites for hydroxylation is 1. The lowest BCUT2D eigenvalue weighted by molar-refractivity contribution is -0.144. The number of esters is 1. The molecule has 2 rings (SSSR count). The van der Waals surface area contributed by atoms with Crippen LogP contribution in [-0.2, 0) is 19.4 Å². The van der Waals surface area contributed by atoms with Crippen LogP contribution >= 0.6 is 0 Å². The van der Waals surface area contributed by atoms with Crippen LogP contribution in [0.1, 0.15) is 12.7 Å². The zero-order chi connectivity index (χ0) is 17.0. The Kier molecular flexibility index (Phi) is 5.40. The van der Waals surface area contributed by atoms with Crippen molar-refractivity contribution < 1.29 is 22.7 Å². The summed E-state index contributed by atoms with van der Waals surface area (Å²) in [6.07, 6.45) is 0. The molecule has 2 heterocycles. The molecule has 23 heavy (non-hydrogen) atoms. The highest BCUT2D eigenvalue weighted by Gasteiger charge is 2.33. The molecule has 1 aliphatic heterocycles. The first-order valence-electron chi connectivity index (χ1n) is 7.36. The van der Waals surface area contributed by atoms with Gasteiger partial charge in [0, 0.05) is 19.2 Å². The third-order valence-electron chi connectivity index (χ3n) is 3.52. The molecule has 0 amide bonds. The molecule has 8 nitrogen and oxygen atoms in total. The summed E-state index contributed by atoms with van der Waals surface area (Å²) in [6.45, 7) is 4.54. The lowest BCUT2D eigenvalue weighted by atomic mass is 10.1. The van der Waals surface area contributed by atoms with Crippen molar-refractivity contribution >= 4 is 21.6 Å². The van der Waals surface area contributed by atoms with Gasteiger partial charge in [-0.1, -0.05) is 0 Å². The second-order valence-corrected chi connectivity index (χ2v) is 7.55. The highest BCUT2D eigenvalue weighted by atomic mass is 32.2. The van der Waals surface area contributed by atoms with E-state index in [0.717, 1.165) is 0 Å². The predicted octanol–water partition coefficient (Wildman–Crippen LogP) is 0.208. The van der Waals surface area contributed by atoms with E-state index in [9.17, 15) is 13.2 Å². The smallest absolute Gasteiger partial charge is 0.311 e. The van der Waals surface area contributed by atoms with Crippen molar-refractivity contribution in [3.05, 3.63) is 11.9 Å². The molecule has 0 aromatic carbocycles. The summed E-state index contributed by atoms with van der Waals surface area (Å²) in [5.74, 6) is -0.0163. The van der Waals surface area contributed by atoms with Crippen molar-refractivity contribution in [2.75, 3.05) is 43.2 Å². The predicted molar refractivity (Wildman–Crippen MR) is 84.3 cm³/mol. The molecule has 1 aliphatic rings. The molecule has 0 radical (unpaired) electrons. The molecule has 1 saturated heterocycles. The molecule has 0 bridgehead atoms. The van der Waals surface area contributed by atoms with Gasteiger partial charge in [-0.05, 0) is 13.8 Å². The first-order valence-corrected chi connectivity index (χ1v) is 9.18. The Morgan fingerprint density at radius 3 is 2.83 bits per heavy atom. The number of aromatic nitrogens is 2. The molecule has 0 spiro atoms. The molecule has 128 valence electrons. The van der Waals surface area contributed by atoms with Gasteiger partial charge in [-0.25, -0.2) is 13.4 Å². The number of carbonyl (C=O) groups is 1. The van der Waals surface area contributed by atoms with Crippen LogP contribution in [0.3, 0.4) is 0 Å². The summed E-state index contributed by atoms with van der Waals surface area (Å²) >= 11 is 0. The number of nitrogens with zero attached hydrogens (tertiary/aromatic N) is 3. The van der Waals surface area contributed by atoms with Crippen LogP contribution in [0.5, 0.6) is 5.88 Å². The Morgan fingerprint density at radius 1 is 1.43 bits per heavy atom. The van der Waals surface area contributed by atoms with Gasteiger partial charge in [0.05, 0.1) is 31.1 Å². The van der Waals surface area contributed by atoms with Gasteiger partial charge in [-0.3, -0.25) is 4.79 Å². The third kappa shape index (κ3) is 4.54. The fraction of sp³-hybridized carbons (Fsp3) is 0.643. The van der Waals surface area contributed by atoms with Crippen LogP contribution in [0.2, 0.25) is 0 Å². The maximum Gasteiger partial charge on any atom is 0.311 e. The summed E-state index contributed by atoms with van der Waals surface area (Å²) in [5.41, 5.74) is 0. The van der Waals surface area contributed by atoms with Gasteiger partial charge in [0.25, 0.3) is 0 Å². The van der Waals surface area contributed by atoms with Crippen molar-refractivity contribution in [2.45, 2.75) is 13.8 Å². The fourth-order valence-electron chi connectivity index (χ4n) is 2.48. The maximum atomic E-state index is 12.0. The van der Waals surface area contributed by atoms with Gasteiger partial charge in [-0.15, -0.1) is 0 Å². The average Bonchev–Trinajstić information content (AvgIpc) is 2.64. The summed E-state index contributed by atoms with van der Waals surface area (Å²) in [7, 11) is -2.06. The molecule has 1 aromatic rings. The van der Waals surface area contributed by atoms with E-state index in [1.807, 2.05) is 6.92 Å². The third-order valence-corrected chi connectivity index (χ3v) is 5.23. The maximum absolute atomic E-state index is 12.0. The van der Waals surface area contributed by atoms with Crippen molar-refractivity contribution in [3.63, 3.8) is 0 Å². The van der Waals surface area contributed by atoms with Gasteiger partial charge in [0.15, 0.2) is 9.84 Å². The van der Waals surface area contributed by atoms with E-state index < -0.39 is 21.7 Å². The summed E-state index contributed by atoms with van der Waals surface area (Å²) in [4.78, 5) is 22.1. The molecule has 9 heteroatoms. The lowest BCUT2D eigenvalue weighted by Crippen LogP contribution is -2.35. The van der Waals surface area contributed by atoms with E-state index in [-0.39, 0.29) is 24.6 Å². The highest BCUT2D eigenvalue weighted by Crippen LogP contribution is 2.22. The Bertz CT molecular complexity index is 677. The number of anilines is 1. The van der Waals surface area contributed by atoms with E-state index in [2.05, 4.69) is 9.97 Å². The standard InChI is InChI=1S/C14H21N3O5S/c1-4-22-13-7-12(15-10(2)16-13)17-5-6-23(19,20)9-11(8-17)14(18)21-3/h7,11H,4-6,8-9H2,1-3H3. The van der Waals surface area contributed by atoms with E-state index in [4.69, 9.17) is 9.47 Å². The number of rotatable bonds is 4. The van der Waals surface area contributed by atoms with Crippen LogP contribution in [-0.4, -0.2) is 62.7 Å². The Morgan fingerprint density at radius 2 is 2.17 bits per heavy atom. The summed E-state index contributed by atoms with van der Waals surface area (Å²) in [6, 6.07) is 1.66. The quantitative estimate of drug-likeness (QED) is 0.715. The number of sulfone groups is 1. The minimum absolute atomic E-state index is 0.0342. The lowest BCUT2D eigenvalue weighted by Gasteiger charge is -2.24. The summed E-state index contributed by atoms with van der Waals surface area (Å²) < 4.78 is 34.2. The number of ether oxygens (including phenoxy) is 2. The Balaban J connectivity index is 2.32. The first-order chi connectivity index (χ1) is 10.8. The molecule has 1 atom stereocenters. The second kappa shape index (κ2) is 7.12. The van der Waals surface area contributed by atoms with Gasteiger partial charge in [0.1, 0.15) is 11.6 Å². The molecule has 0 N–H and O–H groups in total. The van der Waals surface area contributed by atoms with Crippen LogP contribution in [0.15, 0.2) is 6.07 Å². The fourth-order valence-corrected chi connectivity index (χ4v) is 4.00. The molecular formula is C14H21N3O5S. The van der Waals surface area contributed by atoms with E-state index in [1.165, 1.54) is 7.11 Å². The molecule has 1 unspecified atom stereocenters. The van der Waals surface area contributed by atoms with Crippen molar-refractivity contribution in [1.82, 2.24) is 9.97 Å². The average molecular weight is 343 g/mol. The molecular weight excluding hydrogens is 322 g/mol. The van der Waals surface area contributed by atoms with Crippen molar-refractivity contribution in [2.24, 2.45) is 5.92 Å². The van der Waals surface area contributed by atoms with Crippen molar-refractivity contribution in [3.8, 4) is 5.88 Å². The van der Waals surface area contributed by atoms with Crippen molar-refractivity contribution in [1.29, 1.82) is 0 Å². The van der Waals surface area contributed by atoms with Gasteiger partial charge in [-0.2, -0.15) is 4.98 Å². The minimum atomic E-state index is -3.31. The Labute approximate surface area is 135 Å². The van der Waals surface area contributed by atoms with Crippen LogP contribution in [0.25, 0.3) is 0 Å². The molecule has 0 saturated carbocycles. The number of hydrogen-bond acceptors (Lipinski definition) is 8. The van der Waals surface area contributed by atoms with E-state index in [0.29, 0.717) is 24.1 Å². The molecule has 1 fully saturated rings.